The van der Waals surface area contributed by atoms with E-state index in [1.165, 1.54) is 0 Å². The zero-order chi connectivity index (χ0) is 13.3. The number of hydrogen-bond acceptors (Lipinski definition) is 4. The van der Waals surface area contributed by atoms with Crippen LogP contribution >= 0.6 is 12.4 Å². The van der Waals surface area contributed by atoms with Crippen molar-refractivity contribution < 1.29 is 9.32 Å². The third-order valence-corrected chi connectivity index (χ3v) is 3.45. The molecule has 5 nitrogen and oxygen atoms in total. The largest absolute Gasteiger partial charge is 0.360 e. The Morgan fingerprint density at radius 3 is 2.53 bits per heavy atom. The number of nitrogens with two attached hydrogens (primary N) is 1. The van der Waals surface area contributed by atoms with E-state index in [1.807, 2.05) is 25.7 Å². The molecule has 0 spiro atoms. The molecular weight excluding hydrogens is 266 g/mol. The van der Waals surface area contributed by atoms with Crippen molar-refractivity contribution in [3.8, 4) is 0 Å². The van der Waals surface area contributed by atoms with E-state index < -0.39 is 0 Å². The topological polar surface area (TPSA) is 72.4 Å². The van der Waals surface area contributed by atoms with Crippen LogP contribution in [-0.2, 0) is 0 Å². The third-order valence-electron chi connectivity index (χ3n) is 3.45. The summed E-state index contributed by atoms with van der Waals surface area (Å²) in [7, 11) is 0. The number of carbonyl (C=O) groups excluding carboxylic acids is 1. The molecule has 0 atom stereocenters. The SMILES string of the molecule is Cc1noc(C(C)C)c1C(=O)N1CCC(N)CC1.Cl. The lowest BCUT2D eigenvalue weighted by Gasteiger charge is -2.30. The summed E-state index contributed by atoms with van der Waals surface area (Å²) in [4.78, 5) is 14.4. The average Bonchev–Trinajstić information content (AvgIpc) is 2.71. The Morgan fingerprint density at radius 2 is 2.00 bits per heavy atom. The monoisotopic (exact) mass is 287 g/mol. The maximum atomic E-state index is 12.5. The predicted octanol–water partition coefficient (Wildman–Crippen LogP) is 2.09. The summed E-state index contributed by atoms with van der Waals surface area (Å²) < 4.78 is 5.27. The van der Waals surface area contributed by atoms with Gasteiger partial charge in [0.1, 0.15) is 5.56 Å². The van der Waals surface area contributed by atoms with Gasteiger partial charge in [0.2, 0.25) is 0 Å². The van der Waals surface area contributed by atoms with Crippen molar-refractivity contribution in [1.82, 2.24) is 10.1 Å². The summed E-state index contributed by atoms with van der Waals surface area (Å²) in [5.41, 5.74) is 7.17. The Morgan fingerprint density at radius 1 is 1.42 bits per heavy atom. The molecule has 0 aliphatic carbocycles. The molecule has 1 fully saturated rings. The van der Waals surface area contributed by atoms with Gasteiger partial charge in [-0.15, -0.1) is 12.4 Å². The second kappa shape index (κ2) is 6.39. The number of aromatic nitrogens is 1. The summed E-state index contributed by atoms with van der Waals surface area (Å²) >= 11 is 0. The smallest absolute Gasteiger partial charge is 0.259 e. The molecule has 2 N–H and O–H groups in total. The van der Waals surface area contributed by atoms with E-state index in [0.717, 1.165) is 25.9 Å². The van der Waals surface area contributed by atoms with Crippen LogP contribution in [0.25, 0.3) is 0 Å². The summed E-state index contributed by atoms with van der Waals surface area (Å²) in [5.74, 6) is 0.883. The standard InChI is InChI=1S/C13H21N3O2.ClH/c1-8(2)12-11(9(3)15-18-12)13(17)16-6-4-10(14)5-7-16;/h8,10H,4-7,14H2,1-3H3;1H. The molecule has 19 heavy (non-hydrogen) atoms. The maximum Gasteiger partial charge on any atom is 0.259 e. The van der Waals surface area contributed by atoms with Crippen LogP contribution in [0.2, 0.25) is 0 Å². The lowest BCUT2D eigenvalue weighted by Crippen LogP contribution is -2.43. The molecule has 2 rings (SSSR count). The normalized spacial score (nSPS) is 16.6. The van der Waals surface area contributed by atoms with Gasteiger partial charge in [-0.25, -0.2) is 0 Å². The minimum Gasteiger partial charge on any atom is -0.360 e. The summed E-state index contributed by atoms with van der Waals surface area (Å²) in [5, 5.41) is 3.92. The van der Waals surface area contributed by atoms with E-state index >= 15 is 0 Å². The van der Waals surface area contributed by atoms with Gasteiger partial charge >= 0.3 is 0 Å². The Balaban J connectivity index is 0.00000180. The fraction of sp³-hybridized carbons (Fsp3) is 0.692. The van der Waals surface area contributed by atoms with Crippen LogP contribution in [0.15, 0.2) is 4.52 Å². The highest BCUT2D eigenvalue weighted by Crippen LogP contribution is 2.24. The van der Waals surface area contributed by atoms with Crippen molar-refractivity contribution in [2.45, 2.75) is 45.6 Å². The van der Waals surface area contributed by atoms with Gasteiger partial charge < -0.3 is 15.2 Å². The zero-order valence-corrected chi connectivity index (χ0v) is 12.5. The molecule has 0 bridgehead atoms. The Bertz CT molecular complexity index is 437. The third kappa shape index (κ3) is 3.28. The maximum absolute atomic E-state index is 12.5. The molecule has 1 aliphatic rings. The van der Waals surface area contributed by atoms with Crippen LogP contribution in [0.5, 0.6) is 0 Å². The molecule has 1 saturated heterocycles. The van der Waals surface area contributed by atoms with Gasteiger partial charge in [-0.1, -0.05) is 19.0 Å². The van der Waals surface area contributed by atoms with Gasteiger partial charge in [-0.05, 0) is 19.8 Å². The van der Waals surface area contributed by atoms with Crippen LogP contribution < -0.4 is 5.73 Å². The van der Waals surface area contributed by atoms with E-state index in [4.69, 9.17) is 10.3 Å². The van der Waals surface area contributed by atoms with Crippen LogP contribution in [0.4, 0.5) is 0 Å². The van der Waals surface area contributed by atoms with Crippen molar-refractivity contribution in [1.29, 1.82) is 0 Å². The molecule has 0 radical (unpaired) electrons. The van der Waals surface area contributed by atoms with Crippen molar-refractivity contribution in [3.05, 3.63) is 17.0 Å². The van der Waals surface area contributed by atoms with Gasteiger partial charge in [0.25, 0.3) is 5.91 Å². The molecule has 1 amide bonds. The Labute approximate surface area is 119 Å². The number of likely N-dealkylation sites (tertiary alicyclic amines) is 1. The van der Waals surface area contributed by atoms with Gasteiger partial charge in [0.15, 0.2) is 5.76 Å². The van der Waals surface area contributed by atoms with Crippen molar-refractivity contribution in [3.63, 3.8) is 0 Å². The average molecular weight is 288 g/mol. The number of nitrogens with zero attached hydrogens (tertiary/aromatic N) is 2. The highest BCUT2D eigenvalue weighted by Gasteiger charge is 2.28. The quantitative estimate of drug-likeness (QED) is 0.904. The first-order valence-electron chi connectivity index (χ1n) is 6.51. The molecular formula is C13H22ClN3O2. The molecule has 0 aromatic carbocycles. The molecule has 108 valence electrons. The minimum atomic E-state index is 0. The van der Waals surface area contributed by atoms with Crippen molar-refractivity contribution in [2.75, 3.05) is 13.1 Å². The lowest BCUT2D eigenvalue weighted by molar-refractivity contribution is 0.0711. The molecule has 0 saturated carbocycles. The first kappa shape index (κ1) is 16.0. The highest BCUT2D eigenvalue weighted by molar-refractivity contribution is 5.96. The molecule has 1 aromatic heterocycles. The fourth-order valence-corrected chi connectivity index (χ4v) is 2.30. The second-order valence-corrected chi connectivity index (χ2v) is 5.29. The van der Waals surface area contributed by atoms with E-state index in [0.29, 0.717) is 17.0 Å². The van der Waals surface area contributed by atoms with E-state index in [1.54, 1.807) is 0 Å². The molecule has 1 aliphatic heterocycles. The second-order valence-electron chi connectivity index (χ2n) is 5.29. The number of piperidine rings is 1. The van der Waals surface area contributed by atoms with Crippen LogP contribution in [-0.4, -0.2) is 35.1 Å². The summed E-state index contributed by atoms with van der Waals surface area (Å²) in [6, 6.07) is 0.224. The summed E-state index contributed by atoms with van der Waals surface area (Å²) in [6.07, 6.45) is 1.74. The van der Waals surface area contributed by atoms with Crippen molar-refractivity contribution in [2.24, 2.45) is 5.73 Å². The van der Waals surface area contributed by atoms with Crippen LogP contribution in [0.3, 0.4) is 0 Å². The number of hydrogen-bond donors (Lipinski definition) is 1. The zero-order valence-electron chi connectivity index (χ0n) is 11.7. The van der Waals surface area contributed by atoms with Gasteiger partial charge in [-0.3, -0.25) is 4.79 Å². The molecule has 2 heterocycles. The predicted molar refractivity (Wildman–Crippen MR) is 75.7 cm³/mol. The van der Waals surface area contributed by atoms with E-state index in [2.05, 4.69) is 5.16 Å². The van der Waals surface area contributed by atoms with Gasteiger partial charge in [-0.2, -0.15) is 0 Å². The van der Waals surface area contributed by atoms with Crippen LogP contribution in [0, 0.1) is 6.92 Å². The molecule has 6 heteroatoms. The number of rotatable bonds is 2. The fourth-order valence-electron chi connectivity index (χ4n) is 2.30. The number of carbonyl (C=O) groups is 1. The van der Waals surface area contributed by atoms with Gasteiger partial charge in [0, 0.05) is 25.0 Å². The van der Waals surface area contributed by atoms with Crippen LogP contribution in [0.1, 0.15) is 54.4 Å². The number of amides is 1. The van der Waals surface area contributed by atoms with E-state index in [-0.39, 0.29) is 30.3 Å². The molecule has 1 aromatic rings. The lowest BCUT2D eigenvalue weighted by atomic mass is 10.0. The Hall–Kier alpha value is -1.07. The number of aryl methyl sites for hydroxylation is 1. The van der Waals surface area contributed by atoms with Crippen molar-refractivity contribution >= 4 is 18.3 Å². The first-order valence-corrected chi connectivity index (χ1v) is 6.51. The van der Waals surface area contributed by atoms with Gasteiger partial charge in [0.05, 0.1) is 5.69 Å². The Kier molecular flexibility index (Phi) is 5.38. The minimum absolute atomic E-state index is 0. The molecule has 0 unspecified atom stereocenters. The first-order chi connectivity index (χ1) is 8.50. The highest BCUT2D eigenvalue weighted by atomic mass is 35.5. The summed E-state index contributed by atoms with van der Waals surface area (Å²) in [6.45, 7) is 7.27. The van der Waals surface area contributed by atoms with E-state index in [9.17, 15) is 4.79 Å². The number of halogens is 1.